The Morgan fingerprint density at radius 2 is 2.19 bits per heavy atom. The van der Waals surface area contributed by atoms with E-state index in [1.54, 1.807) is 12.3 Å². The van der Waals surface area contributed by atoms with Crippen molar-refractivity contribution in [2.45, 2.75) is 6.92 Å². The van der Waals surface area contributed by atoms with Crippen LogP contribution < -0.4 is 5.32 Å². The Bertz CT molecular complexity index is 516. The third-order valence-corrected chi connectivity index (χ3v) is 2.50. The summed E-state index contributed by atoms with van der Waals surface area (Å²) in [5, 5.41) is 2.90. The van der Waals surface area contributed by atoms with Gasteiger partial charge in [0.1, 0.15) is 0 Å². The van der Waals surface area contributed by atoms with Gasteiger partial charge in [0, 0.05) is 16.9 Å². The van der Waals surface area contributed by atoms with E-state index in [2.05, 4.69) is 31.2 Å². The fourth-order valence-corrected chi connectivity index (χ4v) is 1.55. The summed E-state index contributed by atoms with van der Waals surface area (Å²) in [5.74, 6) is -0.211. The maximum atomic E-state index is 13.5. The summed E-state index contributed by atoms with van der Waals surface area (Å²) in [6.45, 7) is 1.85. The molecule has 0 spiro atoms. The number of nitrogens with zero attached hydrogens (tertiary/aromatic N) is 2. The second kappa shape index (κ2) is 4.57. The van der Waals surface area contributed by atoms with E-state index >= 15 is 0 Å². The molecule has 2 aromatic rings. The Hall–Kier alpha value is -1.49. The Balaban J connectivity index is 2.31. The first-order valence-electron chi connectivity index (χ1n) is 4.66. The van der Waals surface area contributed by atoms with E-state index in [4.69, 9.17) is 0 Å². The zero-order chi connectivity index (χ0) is 11.5. The molecule has 16 heavy (non-hydrogen) atoms. The summed E-state index contributed by atoms with van der Waals surface area (Å²) >= 11 is 3.15. The predicted molar refractivity (Wildman–Crippen MR) is 64.2 cm³/mol. The minimum absolute atomic E-state index is 0.194. The van der Waals surface area contributed by atoms with E-state index in [9.17, 15) is 4.39 Å². The smallest absolute Gasteiger partial charge is 0.166 e. The number of aromatic nitrogens is 2. The van der Waals surface area contributed by atoms with Crippen LogP contribution in [0.5, 0.6) is 0 Å². The molecule has 0 aromatic carbocycles. The van der Waals surface area contributed by atoms with Gasteiger partial charge in [0.05, 0.1) is 11.4 Å². The first-order chi connectivity index (χ1) is 7.66. The molecule has 0 saturated heterocycles. The van der Waals surface area contributed by atoms with Gasteiger partial charge < -0.3 is 5.32 Å². The molecule has 0 aliphatic heterocycles. The summed E-state index contributed by atoms with van der Waals surface area (Å²) in [6, 6.07) is 4.97. The van der Waals surface area contributed by atoms with Crippen molar-refractivity contribution in [3.05, 3.63) is 46.6 Å². The van der Waals surface area contributed by atoms with E-state index in [0.29, 0.717) is 4.47 Å². The van der Waals surface area contributed by atoms with Crippen molar-refractivity contribution in [1.29, 1.82) is 0 Å². The Labute approximate surface area is 101 Å². The predicted octanol–water partition coefficient (Wildman–Crippen LogP) is 3.43. The molecule has 0 radical (unpaired) electrons. The van der Waals surface area contributed by atoms with Crippen molar-refractivity contribution in [2.75, 3.05) is 5.32 Å². The maximum Gasteiger partial charge on any atom is 0.166 e. The van der Waals surface area contributed by atoms with Gasteiger partial charge >= 0.3 is 0 Å². The topological polar surface area (TPSA) is 37.8 Å². The van der Waals surface area contributed by atoms with Crippen LogP contribution in [0.15, 0.2) is 35.1 Å². The van der Waals surface area contributed by atoms with E-state index in [1.807, 2.05) is 13.0 Å². The monoisotopic (exact) mass is 281 g/mol. The number of anilines is 2. The molecule has 0 saturated carbocycles. The van der Waals surface area contributed by atoms with Crippen LogP contribution in [0.25, 0.3) is 0 Å². The number of pyridine rings is 2. The van der Waals surface area contributed by atoms with Crippen molar-refractivity contribution in [1.82, 2.24) is 9.97 Å². The van der Waals surface area contributed by atoms with Gasteiger partial charge in [-0.05, 0) is 41.1 Å². The van der Waals surface area contributed by atoms with Crippen LogP contribution in [0.4, 0.5) is 15.9 Å². The molecule has 3 nitrogen and oxygen atoms in total. The Morgan fingerprint density at radius 1 is 1.38 bits per heavy atom. The molecule has 0 atom stereocenters. The zero-order valence-corrected chi connectivity index (χ0v) is 10.1. The van der Waals surface area contributed by atoms with Crippen LogP contribution in [-0.4, -0.2) is 9.97 Å². The third kappa shape index (κ3) is 2.36. The van der Waals surface area contributed by atoms with E-state index in [0.717, 1.165) is 11.4 Å². The van der Waals surface area contributed by atoms with Crippen molar-refractivity contribution in [3.8, 4) is 0 Å². The van der Waals surface area contributed by atoms with Gasteiger partial charge in [-0.1, -0.05) is 0 Å². The minimum Gasteiger partial charge on any atom is -0.336 e. The van der Waals surface area contributed by atoms with Crippen molar-refractivity contribution >= 4 is 27.4 Å². The van der Waals surface area contributed by atoms with Crippen LogP contribution in [0.2, 0.25) is 0 Å². The molecule has 0 aliphatic rings. The van der Waals surface area contributed by atoms with Crippen LogP contribution >= 0.6 is 15.9 Å². The number of halogens is 2. The molecular formula is C11H9BrFN3. The van der Waals surface area contributed by atoms with Gasteiger partial charge in [0.25, 0.3) is 0 Å². The molecule has 0 unspecified atom stereocenters. The second-order valence-corrected chi connectivity index (χ2v) is 4.16. The van der Waals surface area contributed by atoms with Crippen LogP contribution in [0.1, 0.15) is 5.69 Å². The molecule has 2 rings (SSSR count). The summed E-state index contributed by atoms with van der Waals surface area (Å²) in [4.78, 5) is 8.05. The lowest BCUT2D eigenvalue weighted by molar-refractivity contribution is 0.625. The van der Waals surface area contributed by atoms with E-state index < -0.39 is 5.82 Å². The van der Waals surface area contributed by atoms with Crippen molar-refractivity contribution < 1.29 is 4.39 Å². The standard InChI is InChI=1S/C11H9BrFN3/c1-7-10(3-2-4-14-7)16-11-9(13)5-8(12)6-15-11/h2-6H,1H3,(H,15,16). The molecule has 0 amide bonds. The number of nitrogens with one attached hydrogen (secondary N) is 1. The molecule has 2 heterocycles. The van der Waals surface area contributed by atoms with Crippen LogP contribution in [0.3, 0.4) is 0 Å². The quantitative estimate of drug-likeness (QED) is 0.917. The van der Waals surface area contributed by atoms with E-state index in [-0.39, 0.29) is 5.82 Å². The fourth-order valence-electron chi connectivity index (χ4n) is 1.25. The first kappa shape index (κ1) is 11.0. The van der Waals surface area contributed by atoms with Gasteiger partial charge in [-0.25, -0.2) is 9.37 Å². The molecule has 2 aromatic heterocycles. The minimum atomic E-state index is -0.405. The summed E-state index contributed by atoms with van der Waals surface area (Å²) in [7, 11) is 0. The van der Waals surface area contributed by atoms with Gasteiger partial charge in [0.15, 0.2) is 11.6 Å². The highest BCUT2D eigenvalue weighted by atomic mass is 79.9. The molecule has 82 valence electrons. The normalized spacial score (nSPS) is 10.2. The number of rotatable bonds is 2. The highest BCUT2D eigenvalue weighted by Crippen LogP contribution is 2.21. The highest BCUT2D eigenvalue weighted by molar-refractivity contribution is 9.10. The van der Waals surface area contributed by atoms with Gasteiger partial charge in [-0.3, -0.25) is 4.98 Å². The SMILES string of the molecule is Cc1ncccc1Nc1ncc(Br)cc1F. The summed E-state index contributed by atoms with van der Waals surface area (Å²) in [5.41, 5.74) is 1.54. The number of hydrogen-bond acceptors (Lipinski definition) is 3. The third-order valence-electron chi connectivity index (χ3n) is 2.07. The largest absolute Gasteiger partial charge is 0.336 e. The lowest BCUT2D eigenvalue weighted by Crippen LogP contribution is -1.99. The molecule has 0 bridgehead atoms. The number of hydrogen-bond donors (Lipinski definition) is 1. The molecule has 5 heteroatoms. The highest BCUT2D eigenvalue weighted by Gasteiger charge is 2.06. The van der Waals surface area contributed by atoms with Gasteiger partial charge in [0.2, 0.25) is 0 Å². The zero-order valence-electron chi connectivity index (χ0n) is 8.54. The van der Waals surface area contributed by atoms with Crippen LogP contribution in [-0.2, 0) is 0 Å². The average Bonchev–Trinajstić information content (AvgIpc) is 2.25. The number of aryl methyl sites for hydroxylation is 1. The van der Waals surface area contributed by atoms with Crippen molar-refractivity contribution in [3.63, 3.8) is 0 Å². The first-order valence-corrected chi connectivity index (χ1v) is 5.46. The van der Waals surface area contributed by atoms with Crippen LogP contribution in [0, 0.1) is 12.7 Å². The van der Waals surface area contributed by atoms with Gasteiger partial charge in [-0.15, -0.1) is 0 Å². The summed E-state index contributed by atoms with van der Waals surface area (Å²) < 4.78 is 14.1. The fraction of sp³-hybridized carbons (Fsp3) is 0.0909. The van der Waals surface area contributed by atoms with Gasteiger partial charge in [-0.2, -0.15) is 0 Å². The molecular weight excluding hydrogens is 273 g/mol. The second-order valence-electron chi connectivity index (χ2n) is 3.25. The molecule has 0 fully saturated rings. The Morgan fingerprint density at radius 3 is 2.88 bits per heavy atom. The molecule has 1 N–H and O–H groups in total. The van der Waals surface area contributed by atoms with Crippen molar-refractivity contribution in [2.24, 2.45) is 0 Å². The van der Waals surface area contributed by atoms with E-state index in [1.165, 1.54) is 12.3 Å². The molecule has 0 aliphatic carbocycles. The average molecular weight is 282 g/mol. The lowest BCUT2D eigenvalue weighted by Gasteiger charge is -2.08. The Kier molecular flexibility index (Phi) is 3.14. The maximum absolute atomic E-state index is 13.5. The lowest BCUT2D eigenvalue weighted by atomic mass is 10.3. The summed E-state index contributed by atoms with van der Waals surface area (Å²) in [6.07, 6.45) is 3.23.